The molecule has 0 aliphatic heterocycles. The van der Waals surface area contributed by atoms with E-state index in [1.54, 1.807) is 13.2 Å². The summed E-state index contributed by atoms with van der Waals surface area (Å²) in [6, 6.07) is -1.80. The Bertz CT molecular complexity index is 430. The van der Waals surface area contributed by atoms with Gasteiger partial charge in [-0.05, 0) is 6.42 Å². The third-order valence-electron chi connectivity index (χ3n) is 2.53. The lowest BCUT2D eigenvalue weighted by Crippen LogP contribution is -2.44. The predicted molar refractivity (Wildman–Crippen MR) is 64.6 cm³/mol. The minimum atomic E-state index is -1.14. The van der Waals surface area contributed by atoms with Crippen LogP contribution in [0.15, 0.2) is 12.4 Å². The number of carboxylic acid groups (broad SMARTS) is 1. The van der Waals surface area contributed by atoms with Crippen LogP contribution in [0.1, 0.15) is 31.4 Å². The molecular weight excluding hydrogens is 236 g/mol. The maximum absolute atomic E-state index is 11.7. The lowest BCUT2D eigenvalue weighted by Gasteiger charge is -2.16. The van der Waals surface area contributed by atoms with E-state index in [0.717, 1.165) is 6.42 Å². The third-order valence-corrected chi connectivity index (χ3v) is 2.53. The van der Waals surface area contributed by atoms with Crippen molar-refractivity contribution in [3.8, 4) is 0 Å². The van der Waals surface area contributed by atoms with Crippen LogP contribution in [0.4, 0.5) is 0 Å². The van der Waals surface area contributed by atoms with Crippen LogP contribution in [-0.4, -0.2) is 32.8 Å². The molecule has 100 valence electrons. The average molecular weight is 254 g/mol. The van der Waals surface area contributed by atoms with Crippen molar-refractivity contribution < 1.29 is 14.7 Å². The van der Waals surface area contributed by atoms with Gasteiger partial charge in [-0.1, -0.05) is 13.3 Å². The normalized spacial score (nSPS) is 13.9. The number of hydrogen-bond acceptors (Lipinski definition) is 4. The molecule has 0 aliphatic carbocycles. The van der Waals surface area contributed by atoms with Crippen LogP contribution in [0.5, 0.6) is 0 Å². The Kier molecular flexibility index (Phi) is 4.85. The van der Waals surface area contributed by atoms with Crippen molar-refractivity contribution in [2.75, 3.05) is 0 Å². The van der Waals surface area contributed by atoms with Crippen LogP contribution in [0, 0.1) is 0 Å². The fourth-order valence-electron chi connectivity index (χ4n) is 1.57. The zero-order chi connectivity index (χ0) is 13.7. The van der Waals surface area contributed by atoms with Gasteiger partial charge < -0.3 is 16.2 Å². The highest BCUT2D eigenvalue weighted by Crippen LogP contribution is 2.12. The molecule has 1 unspecified atom stereocenters. The molecule has 0 radical (unpaired) electrons. The van der Waals surface area contributed by atoms with Crippen LogP contribution in [0.2, 0.25) is 0 Å². The number of hydrogen-bond donors (Lipinski definition) is 3. The number of aryl methyl sites for hydroxylation is 1. The molecule has 0 aromatic carbocycles. The van der Waals surface area contributed by atoms with Crippen molar-refractivity contribution in [3.63, 3.8) is 0 Å². The molecule has 18 heavy (non-hydrogen) atoms. The fraction of sp³-hybridized carbons (Fsp3) is 0.545. The molecule has 1 rings (SSSR count). The van der Waals surface area contributed by atoms with Crippen LogP contribution >= 0.6 is 0 Å². The van der Waals surface area contributed by atoms with Crippen LogP contribution in [0.25, 0.3) is 0 Å². The number of nitrogens with two attached hydrogens (primary N) is 1. The molecule has 2 atom stereocenters. The van der Waals surface area contributed by atoms with E-state index in [1.807, 2.05) is 6.92 Å². The van der Waals surface area contributed by atoms with Crippen molar-refractivity contribution in [2.45, 2.75) is 31.8 Å². The summed E-state index contributed by atoms with van der Waals surface area (Å²) in [5.74, 6) is -1.60. The SMILES string of the molecule is CCC[C@H](N)C(=O)NC(C(=O)O)c1cnn(C)c1. The van der Waals surface area contributed by atoms with E-state index in [0.29, 0.717) is 12.0 Å². The maximum atomic E-state index is 11.7. The summed E-state index contributed by atoms with van der Waals surface area (Å²) in [6.07, 6.45) is 4.24. The van der Waals surface area contributed by atoms with Gasteiger partial charge in [-0.25, -0.2) is 4.79 Å². The second-order valence-corrected chi connectivity index (χ2v) is 4.12. The summed E-state index contributed by atoms with van der Waals surface area (Å²) < 4.78 is 1.48. The van der Waals surface area contributed by atoms with Gasteiger partial charge in [0.1, 0.15) is 0 Å². The first-order chi connectivity index (χ1) is 8.45. The first-order valence-electron chi connectivity index (χ1n) is 5.73. The number of aliphatic carboxylic acids is 1. The van der Waals surface area contributed by atoms with Gasteiger partial charge in [0.05, 0.1) is 12.2 Å². The Labute approximate surface area is 105 Å². The minimum absolute atomic E-state index is 0.419. The van der Waals surface area contributed by atoms with Crippen LogP contribution in [-0.2, 0) is 16.6 Å². The van der Waals surface area contributed by atoms with Crippen LogP contribution in [0.3, 0.4) is 0 Å². The van der Waals surface area contributed by atoms with Crippen molar-refractivity contribution in [3.05, 3.63) is 18.0 Å². The monoisotopic (exact) mass is 254 g/mol. The molecule has 7 heteroatoms. The van der Waals surface area contributed by atoms with E-state index in [9.17, 15) is 9.59 Å². The van der Waals surface area contributed by atoms with E-state index >= 15 is 0 Å². The molecule has 1 aromatic heterocycles. The topological polar surface area (TPSA) is 110 Å². The smallest absolute Gasteiger partial charge is 0.331 e. The number of nitrogens with zero attached hydrogens (tertiary/aromatic N) is 2. The van der Waals surface area contributed by atoms with Gasteiger partial charge in [0.25, 0.3) is 0 Å². The molecule has 1 heterocycles. The molecule has 1 amide bonds. The zero-order valence-corrected chi connectivity index (χ0v) is 10.5. The van der Waals surface area contributed by atoms with Gasteiger partial charge in [0.15, 0.2) is 6.04 Å². The van der Waals surface area contributed by atoms with Crippen molar-refractivity contribution in [1.29, 1.82) is 0 Å². The number of rotatable bonds is 6. The van der Waals surface area contributed by atoms with E-state index < -0.39 is 24.0 Å². The third kappa shape index (κ3) is 3.56. The van der Waals surface area contributed by atoms with Gasteiger partial charge >= 0.3 is 5.97 Å². The molecule has 0 fully saturated rings. The van der Waals surface area contributed by atoms with Gasteiger partial charge in [-0.15, -0.1) is 0 Å². The highest BCUT2D eigenvalue weighted by atomic mass is 16.4. The summed E-state index contributed by atoms with van der Waals surface area (Å²) in [7, 11) is 1.67. The Balaban J connectivity index is 2.76. The second kappa shape index (κ2) is 6.15. The minimum Gasteiger partial charge on any atom is -0.479 e. The first kappa shape index (κ1) is 14.2. The Morgan fingerprint density at radius 2 is 2.28 bits per heavy atom. The van der Waals surface area contributed by atoms with E-state index in [4.69, 9.17) is 10.8 Å². The number of aromatic nitrogens is 2. The fourth-order valence-corrected chi connectivity index (χ4v) is 1.57. The second-order valence-electron chi connectivity index (χ2n) is 4.12. The molecule has 0 spiro atoms. The van der Waals surface area contributed by atoms with Crippen molar-refractivity contribution in [1.82, 2.24) is 15.1 Å². The highest BCUT2D eigenvalue weighted by Gasteiger charge is 2.25. The quantitative estimate of drug-likeness (QED) is 0.650. The lowest BCUT2D eigenvalue weighted by molar-refractivity contribution is -0.142. The van der Waals surface area contributed by atoms with E-state index in [1.165, 1.54) is 10.9 Å². The first-order valence-corrected chi connectivity index (χ1v) is 5.73. The molecular formula is C11H18N4O3. The Hall–Kier alpha value is -1.89. The number of carboxylic acids is 1. The lowest BCUT2D eigenvalue weighted by atomic mass is 10.1. The van der Waals surface area contributed by atoms with Crippen molar-refractivity contribution >= 4 is 11.9 Å². The number of carbonyl (C=O) groups excluding carboxylic acids is 1. The standard InChI is InChI=1S/C11H18N4O3/c1-3-4-8(12)10(16)14-9(11(17)18)7-5-13-15(2)6-7/h5-6,8-9H,3-4,12H2,1-2H3,(H,14,16)(H,17,18)/t8-,9?/m0/s1. The molecule has 0 bridgehead atoms. The molecule has 0 saturated heterocycles. The highest BCUT2D eigenvalue weighted by molar-refractivity contribution is 5.87. The largest absolute Gasteiger partial charge is 0.479 e. The van der Waals surface area contributed by atoms with Crippen molar-refractivity contribution in [2.24, 2.45) is 12.8 Å². The van der Waals surface area contributed by atoms with E-state index in [2.05, 4.69) is 10.4 Å². The summed E-state index contributed by atoms with van der Waals surface area (Å²) in [4.78, 5) is 22.8. The predicted octanol–water partition coefficient (Wildman–Crippen LogP) is -0.211. The number of amides is 1. The number of carbonyl (C=O) groups is 2. The Morgan fingerprint density at radius 1 is 1.61 bits per heavy atom. The summed E-state index contributed by atoms with van der Waals surface area (Å²) in [5.41, 5.74) is 6.05. The molecule has 7 nitrogen and oxygen atoms in total. The van der Waals surface area contributed by atoms with E-state index in [-0.39, 0.29) is 0 Å². The molecule has 4 N–H and O–H groups in total. The average Bonchev–Trinajstić information content (AvgIpc) is 2.72. The number of nitrogens with one attached hydrogen (secondary N) is 1. The Morgan fingerprint density at radius 3 is 2.72 bits per heavy atom. The zero-order valence-electron chi connectivity index (χ0n) is 10.5. The van der Waals surface area contributed by atoms with Crippen LogP contribution < -0.4 is 11.1 Å². The summed E-state index contributed by atoms with van der Waals surface area (Å²) >= 11 is 0. The molecule has 0 aliphatic rings. The maximum Gasteiger partial charge on any atom is 0.331 e. The van der Waals surface area contributed by atoms with Gasteiger partial charge in [0, 0.05) is 18.8 Å². The summed E-state index contributed by atoms with van der Waals surface area (Å²) in [5, 5.41) is 15.4. The summed E-state index contributed by atoms with van der Waals surface area (Å²) in [6.45, 7) is 1.91. The molecule has 0 saturated carbocycles. The molecule has 1 aromatic rings. The van der Waals surface area contributed by atoms with Gasteiger partial charge in [-0.3, -0.25) is 9.48 Å². The van der Waals surface area contributed by atoms with Gasteiger partial charge in [-0.2, -0.15) is 5.10 Å². The van der Waals surface area contributed by atoms with Gasteiger partial charge in [0.2, 0.25) is 5.91 Å².